The number of carbonyl (C=O) groups excluding carboxylic acids is 1. The molecule has 1 saturated heterocycles. The zero-order valence-electron chi connectivity index (χ0n) is 7.90. The van der Waals surface area contributed by atoms with Crippen LogP contribution in [0.3, 0.4) is 0 Å². The largest absolute Gasteiger partial charge is 0.373 e. The fourth-order valence-corrected chi connectivity index (χ4v) is 1.35. The molecule has 1 rings (SSSR count). The third-order valence-corrected chi connectivity index (χ3v) is 2.10. The Bertz CT molecular complexity index is 184. The Morgan fingerprint density at radius 2 is 2.46 bits per heavy atom. The fraction of sp³-hybridized carbons (Fsp3) is 0.875. The van der Waals surface area contributed by atoms with Gasteiger partial charge in [0.1, 0.15) is 0 Å². The molecule has 0 bridgehead atoms. The minimum Gasteiger partial charge on any atom is -0.373 e. The van der Waals surface area contributed by atoms with Gasteiger partial charge in [-0.05, 0) is 6.92 Å². The van der Waals surface area contributed by atoms with E-state index in [2.05, 4.69) is 0 Å². The van der Waals surface area contributed by atoms with Gasteiger partial charge in [-0.15, -0.1) is 0 Å². The summed E-state index contributed by atoms with van der Waals surface area (Å²) in [6, 6.07) is -0.434. The summed E-state index contributed by atoms with van der Waals surface area (Å²) >= 11 is 0. The van der Waals surface area contributed by atoms with Gasteiger partial charge in [-0.1, -0.05) is 0 Å². The van der Waals surface area contributed by atoms with Crippen LogP contribution < -0.4 is 11.5 Å². The molecule has 13 heavy (non-hydrogen) atoms. The van der Waals surface area contributed by atoms with Crippen LogP contribution in [-0.4, -0.2) is 49.2 Å². The van der Waals surface area contributed by atoms with Gasteiger partial charge in [0.2, 0.25) is 5.91 Å². The maximum Gasteiger partial charge on any atom is 0.239 e. The van der Waals surface area contributed by atoms with Crippen molar-refractivity contribution in [2.24, 2.45) is 11.5 Å². The van der Waals surface area contributed by atoms with Gasteiger partial charge >= 0.3 is 0 Å². The lowest BCUT2D eigenvalue weighted by Gasteiger charge is -2.33. The molecule has 0 radical (unpaired) electrons. The molecule has 2 atom stereocenters. The predicted octanol–water partition coefficient (Wildman–Crippen LogP) is -1.48. The summed E-state index contributed by atoms with van der Waals surface area (Å²) in [6.45, 7) is 3.88. The van der Waals surface area contributed by atoms with E-state index in [0.717, 1.165) is 0 Å². The van der Waals surface area contributed by atoms with Crippen LogP contribution in [0.15, 0.2) is 0 Å². The van der Waals surface area contributed by atoms with Gasteiger partial charge in [-0.3, -0.25) is 4.79 Å². The number of nitrogens with two attached hydrogens (primary N) is 2. The number of amides is 1. The van der Waals surface area contributed by atoms with Crippen molar-refractivity contribution in [1.29, 1.82) is 0 Å². The average molecular weight is 187 g/mol. The van der Waals surface area contributed by atoms with E-state index in [1.54, 1.807) is 11.8 Å². The van der Waals surface area contributed by atoms with Crippen molar-refractivity contribution in [3.8, 4) is 0 Å². The van der Waals surface area contributed by atoms with Crippen LogP contribution in [0.25, 0.3) is 0 Å². The van der Waals surface area contributed by atoms with Crippen LogP contribution in [0.4, 0.5) is 0 Å². The minimum atomic E-state index is -0.434. The second kappa shape index (κ2) is 4.55. The maximum atomic E-state index is 11.5. The van der Waals surface area contributed by atoms with E-state index >= 15 is 0 Å². The van der Waals surface area contributed by atoms with Crippen LogP contribution in [-0.2, 0) is 9.53 Å². The molecule has 1 heterocycles. The molecule has 1 aliphatic rings. The van der Waals surface area contributed by atoms with Gasteiger partial charge in [-0.25, -0.2) is 0 Å². The Labute approximate surface area is 78.0 Å². The highest BCUT2D eigenvalue weighted by Crippen LogP contribution is 2.05. The molecule has 0 aromatic rings. The number of hydrogen-bond acceptors (Lipinski definition) is 4. The zero-order valence-corrected chi connectivity index (χ0v) is 7.90. The van der Waals surface area contributed by atoms with Crippen molar-refractivity contribution in [3.05, 3.63) is 0 Å². The Morgan fingerprint density at radius 1 is 1.77 bits per heavy atom. The number of morpholine rings is 1. The lowest BCUT2D eigenvalue weighted by atomic mass is 10.2. The van der Waals surface area contributed by atoms with Crippen LogP contribution >= 0.6 is 0 Å². The normalized spacial score (nSPS) is 25.8. The van der Waals surface area contributed by atoms with Gasteiger partial charge in [0, 0.05) is 19.6 Å². The summed E-state index contributed by atoms with van der Waals surface area (Å²) in [4.78, 5) is 13.2. The quantitative estimate of drug-likeness (QED) is 0.552. The molecule has 1 aliphatic heterocycles. The van der Waals surface area contributed by atoms with E-state index < -0.39 is 6.04 Å². The molecule has 4 N–H and O–H groups in total. The molecule has 5 heteroatoms. The standard InChI is InChI=1S/C8H17N3O2/c1-6(10)8(12)11-2-3-13-7(4-9)5-11/h6-7H,2-5,9-10H2,1H3/t6-,7?/m1/s1. The number of ether oxygens (including phenoxy) is 1. The molecule has 1 fully saturated rings. The van der Waals surface area contributed by atoms with E-state index in [1.807, 2.05) is 0 Å². The van der Waals surface area contributed by atoms with Crippen LogP contribution in [0.1, 0.15) is 6.92 Å². The maximum absolute atomic E-state index is 11.5. The van der Waals surface area contributed by atoms with Gasteiger partial charge in [0.25, 0.3) is 0 Å². The monoisotopic (exact) mass is 187 g/mol. The Kier molecular flexibility index (Phi) is 3.65. The van der Waals surface area contributed by atoms with Crippen molar-refractivity contribution >= 4 is 5.91 Å². The summed E-state index contributed by atoms with van der Waals surface area (Å²) in [5.74, 6) is -0.0262. The summed E-state index contributed by atoms with van der Waals surface area (Å²) in [5.41, 5.74) is 10.9. The number of nitrogens with zero attached hydrogens (tertiary/aromatic N) is 1. The SMILES string of the molecule is C[C@@H](N)C(=O)N1CCOC(CN)C1. The Morgan fingerprint density at radius 3 is 3.00 bits per heavy atom. The van der Waals surface area contributed by atoms with E-state index in [9.17, 15) is 4.79 Å². The first-order valence-electron chi connectivity index (χ1n) is 4.51. The molecule has 76 valence electrons. The van der Waals surface area contributed by atoms with Crippen LogP contribution in [0.2, 0.25) is 0 Å². The third kappa shape index (κ3) is 2.65. The average Bonchev–Trinajstić information content (AvgIpc) is 2.16. The fourth-order valence-electron chi connectivity index (χ4n) is 1.35. The van der Waals surface area contributed by atoms with Crippen LogP contribution in [0.5, 0.6) is 0 Å². The molecular formula is C8H17N3O2. The van der Waals surface area contributed by atoms with Crippen molar-refractivity contribution in [2.75, 3.05) is 26.2 Å². The number of carbonyl (C=O) groups is 1. The van der Waals surface area contributed by atoms with Gasteiger partial charge in [-0.2, -0.15) is 0 Å². The van der Waals surface area contributed by atoms with Crippen molar-refractivity contribution in [2.45, 2.75) is 19.1 Å². The predicted molar refractivity (Wildman–Crippen MR) is 49.0 cm³/mol. The molecular weight excluding hydrogens is 170 g/mol. The van der Waals surface area contributed by atoms with E-state index in [0.29, 0.717) is 26.2 Å². The van der Waals surface area contributed by atoms with E-state index in [1.165, 1.54) is 0 Å². The van der Waals surface area contributed by atoms with E-state index in [-0.39, 0.29) is 12.0 Å². The number of rotatable bonds is 2. The molecule has 0 aromatic heterocycles. The highest BCUT2D eigenvalue weighted by atomic mass is 16.5. The zero-order chi connectivity index (χ0) is 9.84. The Balaban J connectivity index is 2.46. The van der Waals surface area contributed by atoms with Crippen LogP contribution in [0, 0.1) is 0 Å². The smallest absolute Gasteiger partial charge is 0.239 e. The molecule has 1 unspecified atom stereocenters. The van der Waals surface area contributed by atoms with Crippen molar-refractivity contribution in [3.63, 3.8) is 0 Å². The summed E-state index contributed by atoms with van der Waals surface area (Å²) in [5, 5.41) is 0. The molecule has 0 aromatic carbocycles. The summed E-state index contributed by atoms with van der Waals surface area (Å²) in [7, 11) is 0. The first kappa shape index (κ1) is 10.4. The second-order valence-electron chi connectivity index (χ2n) is 3.30. The molecule has 0 aliphatic carbocycles. The topological polar surface area (TPSA) is 81.6 Å². The van der Waals surface area contributed by atoms with Crippen molar-refractivity contribution in [1.82, 2.24) is 4.90 Å². The highest BCUT2D eigenvalue weighted by Gasteiger charge is 2.24. The minimum absolute atomic E-state index is 0.0262. The summed E-state index contributed by atoms with van der Waals surface area (Å²) in [6.07, 6.45) is -0.0311. The highest BCUT2D eigenvalue weighted by molar-refractivity contribution is 5.81. The molecule has 0 spiro atoms. The molecule has 1 amide bonds. The lowest BCUT2D eigenvalue weighted by Crippen LogP contribution is -2.52. The van der Waals surface area contributed by atoms with Gasteiger partial charge in [0.15, 0.2) is 0 Å². The van der Waals surface area contributed by atoms with E-state index in [4.69, 9.17) is 16.2 Å². The molecule has 5 nitrogen and oxygen atoms in total. The van der Waals surface area contributed by atoms with Crippen molar-refractivity contribution < 1.29 is 9.53 Å². The Hall–Kier alpha value is -0.650. The first-order chi connectivity index (χ1) is 6.15. The molecule has 0 saturated carbocycles. The van der Waals surface area contributed by atoms with Gasteiger partial charge < -0.3 is 21.1 Å². The third-order valence-electron chi connectivity index (χ3n) is 2.10. The first-order valence-corrected chi connectivity index (χ1v) is 4.51. The summed E-state index contributed by atoms with van der Waals surface area (Å²) < 4.78 is 5.33. The second-order valence-corrected chi connectivity index (χ2v) is 3.30. The lowest BCUT2D eigenvalue weighted by molar-refractivity contribution is -0.139. The number of hydrogen-bond donors (Lipinski definition) is 2. The van der Waals surface area contributed by atoms with Gasteiger partial charge in [0.05, 0.1) is 18.8 Å².